The van der Waals surface area contributed by atoms with E-state index in [1.54, 1.807) is 43.5 Å². The topological polar surface area (TPSA) is 66.8 Å². The first kappa shape index (κ1) is 31.4. The molecule has 0 radical (unpaired) electrons. The molecule has 0 aromatic heterocycles. The Labute approximate surface area is 239 Å². The fraction of sp³-hybridized carbons (Fsp3) is 0.529. The van der Waals surface area contributed by atoms with Crippen molar-refractivity contribution in [3.63, 3.8) is 0 Å². The van der Waals surface area contributed by atoms with Gasteiger partial charge in [0.25, 0.3) is 11.7 Å². The van der Waals surface area contributed by atoms with Crippen molar-refractivity contribution < 1.29 is 23.8 Å². The van der Waals surface area contributed by atoms with E-state index in [4.69, 9.17) is 4.74 Å². The number of halogens is 1. The summed E-state index contributed by atoms with van der Waals surface area (Å²) in [4.78, 5) is 27.8. The summed E-state index contributed by atoms with van der Waals surface area (Å²) >= 11 is 0. The van der Waals surface area contributed by atoms with Gasteiger partial charge in [-0.3, -0.25) is 9.59 Å². The van der Waals surface area contributed by atoms with Crippen molar-refractivity contribution in [1.82, 2.24) is 4.90 Å². The van der Waals surface area contributed by atoms with Crippen LogP contribution in [0.15, 0.2) is 54.1 Å². The summed E-state index contributed by atoms with van der Waals surface area (Å²) < 4.78 is 18.9. The highest BCUT2D eigenvalue weighted by Gasteiger charge is 2.45. The number of ether oxygens (including phenoxy) is 1. The molecule has 0 aliphatic carbocycles. The van der Waals surface area contributed by atoms with Gasteiger partial charge in [0.05, 0.1) is 18.7 Å². The predicted octanol–water partition coefficient (Wildman–Crippen LogP) is 8.74. The maximum Gasteiger partial charge on any atom is 0.295 e. The van der Waals surface area contributed by atoms with Gasteiger partial charge in [0.2, 0.25) is 0 Å². The first-order chi connectivity index (χ1) is 19.5. The van der Waals surface area contributed by atoms with Crippen LogP contribution in [0.5, 0.6) is 5.75 Å². The van der Waals surface area contributed by atoms with Crippen LogP contribution in [0.2, 0.25) is 0 Å². The van der Waals surface area contributed by atoms with Crippen LogP contribution in [0.1, 0.15) is 114 Å². The molecule has 1 fully saturated rings. The smallest absolute Gasteiger partial charge is 0.295 e. The van der Waals surface area contributed by atoms with E-state index in [-0.39, 0.29) is 11.3 Å². The Balaban J connectivity index is 1.54. The highest BCUT2D eigenvalue weighted by atomic mass is 19.1. The van der Waals surface area contributed by atoms with Crippen molar-refractivity contribution in [2.24, 2.45) is 0 Å². The third-order valence-electron chi connectivity index (χ3n) is 7.84. The molecule has 1 aliphatic rings. The van der Waals surface area contributed by atoms with Gasteiger partial charge < -0.3 is 14.7 Å². The Morgan fingerprint density at radius 1 is 0.775 bits per heavy atom. The van der Waals surface area contributed by atoms with E-state index in [9.17, 15) is 19.1 Å². The van der Waals surface area contributed by atoms with Crippen molar-refractivity contribution in [1.29, 1.82) is 0 Å². The molecule has 218 valence electrons. The molecule has 1 saturated heterocycles. The number of aliphatic hydroxyl groups is 1. The van der Waals surface area contributed by atoms with Gasteiger partial charge in [-0.05, 0) is 48.4 Å². The molecule has 40 heavy (non-hydrogen) atoms. The Kier molecular flexibility index (Phi) is 13.2. The van der Waals surface area contributed by atoms with Crippen LogP contribution in [0.3, 0.4) is 0 Å². The second-order valence-corrected chi connectivity index (χ2v) is 10.9. The number of nitrogens with zero attached hydrogens (tertiary/aromatic N) is 1. The molecular formula is C34H46FNO4. The molecule has 0 saturated carbocycles. The molecule has 0 unspecified atom stereocenters. The lowest BCUT2D eigenvalue weighted by Gasteiger charge is -2.25. The average Bonchev–Trinajstić information content (AvgIpc) is 3.22. The minimum absolute atomic E-state index is 0.0344. The van der Waals surface area contributed by atoms with Crippen molar-refractivity contribution in [2.75, 3.05) is 13.7 Å². The summed E-state index contributed by atoms with van der Waals surface area (Å²) in [6, 6.07) is 11.7. The summed E-state index contributed by atoms with van der Waals surface area (Å²) in [5, 5.41) is 11.1. The first-order valence-electron chi connectivity index (χ1n) is 15.2. The number of ketones is 1. The number of hydrogen-bond donors (Lipinski definition) is 1. The Bertz CT molecular complexity index is 1090. The van der Waals surface area contributed by atoms with E-state index in [0.717, 1.165) is 19.3 Å². The van der Waals surface area contributed by atoms with Crippen LogP contribution in [0, 0.1) is 5.82 Å². The molecule has 6 heteroatoms. The van der Waals surface area contributed by atoms with E-state index in [1.807, 2.05) is 0 Å². The Hall–Kier alpha value is -3.15. The van der Waals surface area contributed by atoms with E-state index in [0.29, 0.717) is 23.4 Å². The van der Waals surface area contributed by atoms with Crippen LogP contribution in [0.25, 0.3) is 5.76 Å². The van der Waals surface area contributed by atoms with Gasteiger partial charge in [0.15, 0.2) is 0 Å². The van der Waals surface area contributed by atoms with Crippen molar-refractivity contribution >= 4 is 17.4 Å². The minimum Gasteiger partial charge on any atom is -0.507 e. The van der Waals surface area contributed by atoms with Crippen LogP contribution >= 0.6 is 0 Å². The number of aliphatic hydroxyl groups excluding tert-OH is 1. The van der Waals surface area contributed by atoms with Crippen molar-refractivity contribution in [3.8, 4) is 5.75 Å². The van der Waals surface area contributed by atoms with Crippen molar-refractivity contribution in [3.05, 3.63) is 71.0 Å². The average molecular weight is 552 g/mol. The standard InChI is InChI=1S/C34H46FNO4/c1-3-4-5-6-7-8-9-10-11-12-13-14-15-16-25-36-31(26-17-21-28(35)22-18-26)30(33(38)34(36)39)32(37)27-19-23-29(40-2)24-20-27/h17-24,31,37H,3-16,25H2,1-2H3/t31-/m1/s1. The molecule has 0 bridgehead atoms. The number of rotatable bonds is 18. The normalized spacial score (nSPS) is 16.6. The fourth-order valence-electron chi connectivity index (χ4n) is 5.48. The summed E-state index contributed by atoms with van der Waals surface area (Å²) in [5.74, 6) is -1.36. The molecule has 1 N–H and O–H groups in total. The number of carbonyl (C=O) groups is 2. The maximum absolute atomic E-state index is 13.7. The third-order valence-corrected chi connectivity index (χ3v) is 7.84. The van der Waals surface area contributed by atoms with Gasteiger partial charge in [-0.2, -0.15) is 0 Å². The molecular weight excluding hydrogens is 505 g/mol. The largest absolute Gasteiger partial charge is 0.507 e. The molecule has 2 aromatic rings. The number of Topliss-reactive ketones (excluding diaryl/α,β-unsaturated/α-hetero) is 1. The van der Waals surface area contributed by atoms with Gasteiger partial charge in [-0.25, -0.2) is 4.39 Å². The van der Waals surface area contributed by atoms with Crippen molar-refractivity contribution in [2.45, 2.75) is 103 Å². The zero-order valence-electron chi connectivity index (χ0n) is 24.3. The van der Waals surface area contributed by atoms with E-state index >= 15 is 0 Å². The maximum atomic E-state index is 13.7. The lowest BCUT2D eigenvalue weighted by atomic mass is 9.95. The summed E-state index contributed by atoms with van der Waals surface area (Å²) in [6.07, 6.45) is 17.3. The molecule has 0 spiro atoms. The first-order valence-corrected chi connectivity index (χ1v) is 15.2. The monoisotopic (exact) mass is 551 g/mol. The second kappa shape index (κ2) is 16.8. The van der Waals surface area contributed by atoms with Gasteiger partial charge >= 0.3 is 0 Å². The van der Waals surface area contributed by atoms with Gasteiger partial charge in [-0.1, -0.05) is 103 Å². The van der Waals surface area contributed by atoms with Crippen LogP contribution < -0.4 is 4.74 Å². The minimum atomic E-state index is -0.760. The molecule has 1 atom stereocenters. The number of likely N-dealkylation sites (tertiary alicyclic amines) is 1. The zero-order valence-corrected chi connectivity index (χ0v) is 24.3. The highest BCUT2D eigenvalue weighted by molar-refractivity contribution is 6.46. The quantitative estimate of drug-likeness (QED) is 0.0870. The molecule has 5 nitrogen and oxygen atoms in total. The predicted molar refractivity (Wildman–Crippen MR) is 159 cm³/mol. The number of unbranched alkanes of at least 4 members (excludes halogenated alkanes) is 13. The molecule has 1 aliphatic heterocycles. The number of hydrogen-bond acceptors (Lipinski definition) is 4. The summed E-state index contributed by atoms with van der Waals surface area (Å²) in [5.41, 5.74) is 1.05. The van der Waals surface area contributed by atoms with E-state index in [1.165, 1.54) is 87.7 Å². The Morgan fingerprint density at radius 2 is 1.27 bits per heavy atom. The van der Waals surface area contributed by atoms with Crippen LogP contribution in [-0.4, -0.2) is 35.4 Å². The van der Waals surface area contributed by atoms with Gasteiger partial charge in [0, 0.05) is 12.1 Å². The van der Waals surface area contributed by atoms with E-state index < -0.39 is 23.5 Å². The van der Waals surface area contributed by atoms with Gasteiger partial charge in [0.1, 0.15) is 17.3 Å². The SMILES string of the molecule is CCCCCCCCCCCCCCCCN1C(=O)C(=O)C(=C(O)c2ccc(OC)cc2)[C@H]1c1ccc(F)cc1. The number of amides is 1. The lowest BCUT2D eigenvalue weighted by Crippen LogP contribution is -2.30. The zero-order chi connectivity index (χ0) is 28.7. The Morgan fingerprint density at radius 3 is 1.77 bits per heavy atom. The lowest BCUT2D eigenvalue weighted by molar-refractivity contribution is -0.139. The molecule has 1 heterocycles. The number of benzene rings is 2. The molecule has 2 aromatic carbocycles. The van der Waals surface area contributed by atoms with Gasteiger partial charge in [-0.15, -0.1) is 0 Å². The van der Waals surface area contributed by atoms with Crippen LogP contribution in [-0.2, 0) is 9.59 Å². The van der Waals surface area contributed by atoms with Crippen LogP contribution in [0.4, 0.5) is 4.39 Å². The third kappa shape index (κ3) is 8.94. The molecule has 1 amide bonds. The number of methoxy groups -OCH3 is 1. The highest BCUT2D eigenvalue weighted by Crippen LogP contribution is 2.39. The van der Waals surface area contributed by atoms with E-state index in [2.05, 4.69) is 6.92 Å². The summed E-state index contributed by atoms with van der Waals surface area (Å²) in [7, 11) is 1.55. The fourth-order valence-corrected chi connectivity index (χ4v) is 5.48. The summed E-state index contributed by atoms with van der Waals surface area (Å²) in [6.45, 7) is 2.66. The second-order valence-electron chi connectivity index (χ2n) is 10.9. The molecule has 3 rings (SSSR count). The number of carbonyl (C=O) groups excluding carboxylic acids is 2.